The molecule has 0 radical (unpaired) electrons. The number of hydrogen-bond acceptors (Lipinski definition) is 0. The molecule has 0 aromatic heterocycles. The molecular formula is C8H8Cl2Ru. The summed E-state index contributed by atoms with van der Waals surface area (Å²) in [6.07, 6.45) is 16.0. The minimum absolute atomic E-state index is 0.346. The van der Waals surface area contributed by atoms with Gasteiger partial charge in [-0.1, -0.05) is 48.6 Å². The normalized spacial score (nSPS) is 13.6. The molecule has 0 nitrogen and oxygen atoms in total. The van der Waals surface area contributed by atoms with Gasteiger partial charge in [-0.05, 0) is 0 Å². The van der Waals surface area contributed by atoms with Crippen LogP contribution < -0.4 is 0 Å². The van der Waals surface area contributed by atoms with Gasteiger partial charge < -0.3 is 0 Å². The summed E-state index contributed by atoms with van der Waals surface area (Å²) in [4.78, 5) is 0. The maximum absolute atomic E-state index is 4.85. The molecule has 0 atom stereocenters. The summed E-state index contributed by atoms with van der Waals surface area (Å²) in [6.45, 7) is 0. The summed E-state index contributed by atoms with van der Waals surface area (Å²) in [5, 5.41) is 0. The van der Waals surface area contributed by atoms with Gasteiger partial charge >= 0.3 is 34.5 Å². The fraction of sp³-hybridized carbons (Fsp3) is 0. The zero-order valence-corrected chi connectivity index (χ0v) is 8.98. The molecule has 0 bridgehead atoms. The molecule has 1 aliphatic carbocycles. The molecule has 1 aliphatic rings. The van der Waals surface area contributed by atoms with Gasteiger partial charge in [0, 0.05) is 0 Å². The van der Waals surface area contributed by atoms with Crippen LogP contribution in [0.2, 0.25) is 0 Å². The van der Waals surface area contributed by atoms with Crippen LogP contribution in [0.15, 0.2) is 48.6 Å². The van der Waals surface area contributed by atoms with E-state index in [1.54, 1.807) is 0 Å². The molecule has 0 saturated heterocycles. The summed E-state index contributed by atoms with van der Waals surface area (Å²) in [5.41, 5.74) is 0. The Morgan fingerprint density at radius 2 is 0.636 bits per heavy atom. The zero-order chi connectivity index (χ0) is 8.36. The van der Waals surface area contributed by atoms with Gasteiger partial charge in [-0.3, -0.25) is 0 Å². The van der Waals surface area contributed by atoms with E-state index in [0.29, 0.717) is 0 Å². The van der Waals surface area contributed by atoms with E-state index < -0.39 is 0 Å². The number of rotatable bonds is 0. The van der Waals surface area contributed by atoms with Crippen LogP contribution >= 0.6 is 19.4 Å². The third-order valence-corrected chi connectivity index (χ3v) is 0.889. The standard InChI is InChI=1S/C8H8.2ClH.Ru/c1-2-4-6-8-7-5-3-1;;;/h1-8H;2*1H;/q;;;+2/p-2. The first-order chi connectivity index (χ1) is 5.41. The fourth-order valence-electron chi connectivity index (χ4n) is 0.513. The van der Waals surface area contributed by atoms with E-state index in [2.05, 4.69) is 0 Å². The van der Waals surface area contributed by atoms with E-state index >= 15 is 0 Å². The first-order valence-corrected chi connectivity index (χ1v) is 7.41. The molecule has 0 aliphatic heterocycles. The van der Waals surface area contributed by atoms with Crippen molar-refractivity contribution >= 4 is 19.4 Å². The van der Waals surface area contributed by atoms with Gasteiger partial charge in [0.2, 0.25) is 0 Å². The van der Waals surface area contributed by atoms with Crippen molar-refractivity contribution in [3.8, 4) is 0 Å². The van der Waals surface area contributed by atoms with Crippen molar-refractivity contribution in [3.05, 3.63) is 48.6 Å². The molecule has 0 aromatic rings. The van der Waals surface area contributed by atoms with Crippen molar-refractivity contribution in [1.29, 1.82) is 0 Å². The Bertz CT molecular complexity index is 125. The van der Waals surface area contributed by atoms with Crippen molar-refractivity contribution in [2.45, 2.75) is 0 Å². The average Bonchev–Trinajstić information content (AvgIpc) is 1.86. The Morgan fingerprint density at radius 3 is 0.727 bits per heavy atom. The summed E-state index contributed by atoms with van der Waals surface area (Å²) in [6, 6.07) is 0. The van der Waals surface area contributed by atoms with Crippen molar-refractivity contribution in [2.24, 2.45) is 0 Å². The van der Waals surface area contributed by atoms with Crippen LogP contribution in [-0.4, -0.2) is 0 Å². The Morgan fingerprint density at radius 1 is 0.545 bits per heavy atom. The predicted molar refractivity (Wildman–Crippen MR) is 48.3 cm³/mol. The van der Waals surface area contributed by atoms with Gasteiger partial charge in [-0.2, -0.15) is 0 Å². The van der Waals surface area contributed by atoms with E-state index in [9.17, 15) is 0 Å². The molecule has 0 amide bonds. The van der Waals surface area contributed by atoms with Crippen LogP contribution in [0.3, 0.4) is 0 Å². The van der Waals surface area contributed by atoms with Crippen molar-refractivity contribution in [3.63, 3.8) is 0 Å². The van der Waals surface area contributed by atoms with Gasteiger partial charge in [-0.15, -0.1) is 0 Å². The molecule has 3 heteroatoms. The molecular weight excluding hydrogens is 268 g/mol. The summed E-state index contributed by atoms with van der Waals surface area (Å²) >= 11 is -0.346. The van der Waals surface area contributed by atoms with Gasteiger partial charge in [0.15, 0.2) is 0 Å². The Labute approximate surface area is 83.0 Å². The topological polar surface area (TPSA) is 0 Å². The average molecular weight is 276 g/mol. The molecule has 0 fully saturated rings. The quantitative estimate of drug-likeness (QED) is 0.593. The number of allylic oxidation sites excluding steroid dienone is 8. The van der Waals surface area contributed by atoms with Gasteiger partial charge in [0.1, 0.15) is 0 Å². The zero-order valence-electron chi connectivity index (χ0n) is 5.73. The Kier molecular flexibility index (Phi) is 10.3. The summed E-state index contributed by atoms with van der Waals surface area (Å²) in [7, 11) is 9.71. The monoisotopic (exact) mass is 276 g/mol. The molecule has 0 spiro atoms. The van der Waals surface area contributed by atoms with Crippen LogP contribution in [0.1, 0.15) is 0 Å². The second-order valence-corrected chi connectivity index (χ2v) is 4.23. The van der Waals surface area contributed by atoms with E-state index in [1.165, 1.54) is 0 Å². The molecule has 11 heavy (non-hydrogen) atoms. The minimum atomic E-state index is -0.346. The second kappa shape index (κ2) is 10.2. The molecule has 0 saturated carbocycles. The molecule has 0 aromatic carbocycles. The number of hydrogen-bond donors (Lipinski definition) is 0. The maximum atomic E-state index is 4.85. The summed E-state index contributed by atoms with van der Waals surface area (Å²) < 4.78 is 0. The van der Waals surface area contributed by atoms with Gasteiger partial charge in [-0.25, -0.2) is 0 Å². The van der Waals surface area contributed by atoms with E-state index in [4.69, 9.17) is 19.4 Å². The third kappa shape index (κ3) is 10.2. The fourth-order valence-corrected chi connectivity index (χ4v) is 0.513. The van der Waals surface area contributed by atoms with Crippen LogP contribution in [0.25, 0.3) is 0 Å². The van der Waals surface area contributed by atoms with Crippen molar-refractivity contribution < 1.29 is 15.1 Å². The van der Waals surface area contributed by atoms with Crippen molar-refractivity contribution in [2.75, 3.05) is 0 Å². The van der Waals surface area contributed by atoms with Crippen molar-refractivity contribution in [1.82, 2.24) is 0 Å². The van der Waals surface area contributed by atoms with Gasteiger partial charge in [0.05, 0.1) is 0 Å². The first-order valence-electron chi connectivity index (χ1n) is 2.93. The molecule has 0 unspecified atom stereocenters. The van der Waals surface area contributed by atoms with Crippen LogP contribution in [0.4, 0.5) is 0 Å². The van der Waals surface area contributed by atoms with E-state index in [1.807, 2.05) is 48.6 Å². The first kappa shape index (κ1) is 11.2. The summed E-state index contributed by atoms with van der Waals surface area (Å²) in [5.74, 6) is 0. The molecule has 62 valence electrons. The third-order valence-electron chi connectivity index (χ3n) is 0.889. The van der Waals surface area contributed by atoms with Gasteiger partial charge in [0.25, 0.3) is 0 Å². The van der Waals surface area contributed by atoms with Crippen LogP contribution in [0, 0.1) is 0 Å². The molecule has 1 rings (SSSR count). The van der Waals surface area contributed by atoms with Crippen LogP contribution in [-0.2, 0) is 15.1 Å². The molecule has 0 heterocycles. The van der Waals surface area contributed by atoms with Crippen LogP contribution in [0.5, 0.6) is 0 Å². The predicted octanol–water partition coefficient (Wildman–Crippen LogP) is 3.60. The molecule has 0 N–H and O–H groups in total. The van der Waals surface area contributed by atoms with E-state index in [-0.39, 0.29) is 15.1 Å². The Hall–Kier alpha value is 0.163. The number of halogens is 2. The SMILES string of the molecule is C1=CC=CC=CC=C1.[Cl][Ru][Cl]. The van der Waals surface area contributed by atoms with E-state index in [0.717, 1.165) is 0 Å². The Balaban J connectivity index is 0.000000292. The second-order valence-electron chi connectivity index (χ2n) is 1.59.